The maximum Gasteiger partial charge on any atom is 0.336 e. The highest BCUT2D eigenvalue weighted by Crippen LogP contribution is 2.00. The van der Waals surface area contributed by atoms with Crippen molar-refractivity contribution in [3.05, 3.63) is 24.3 Å². The van der Waals surface area contributed by atoms with Gasteiger partial charge in [0, 0.05) is 6.61 Å². The van der Waals surface area contributed by atoms with Crippen molar-refractivity contribution in [1.29, 1.82) is 0 Å². The number of hydrogen-bond acceptors (Lipinski definition) is 3. The summed E-state index contributed by atoms with van der Waals surface area (Å²) in [7, 11) is 0. The molecule has 0 aliphatic heterocycles. The highest BCUT2D eigenvalue weighted by molar-refractivity contribution is 5.89. The number of rotatable bonds is 7. The Morgan fingerprint density at radius 2 is 2.14 bits per heavy atom. The molecule has 0 aromatic rings. The van der Waals surface area contributed by atoms with Crippen LogP contribution < -0.4 is 0 Å². The van der Waals surface area contributed by atoms with Crippen LogP contribution in [0.3, 0.4) is 0 Å². The Hall–Kier alpha value is -1.09. The fourth-order valence-electron chi connectivity index (χ4n) is 0.817. The molecule has 3 heteroatoms. The SMILES string of the molecule is C=CC=C(COCC)C(=O)OCCC. The molecule has 0 aromatic carbocycles. The molecule has 0 saturated carbocycles. The molecule has 0 aliphatic rings. The molecule has 0 fully saturated rings. The van der Waals surface area contributed by atoms with Gasteiger partial charge < -0.3 is 9.47 Å². The van der Waals surface area contributed by atoms with Crippen molar-refractivity contribution in [3.8, 4) is 0 Å². The predicted octanol–water partition coefficient (Wildman–Crippen LogP) is 2.09. The van der Waals surface area contributed by atoms with Gasteiger partial charge >= 0.3 is 5.97 Å². The first-order valence-corrected chi connectivity index (χ1v) is 4.82. The van der Waals surface area contributed by atoms with Gasteiger partial charge in [0.1, 0.15) is 0 Å². The topological polar surface area (TPSA) is 35.5 Å². The molecule has 0 rings (SSSR count). The second-order valence-corrected chi connectivity index (χ2v) is 2.70. The molecule has 0 N–H and O–H groups in total. The van der Waals surface area contributed by atoms with Crippen molar-refractivity contribution in [3.63, 3.8) is 0 Å². The molecule has 0 spiro atoms. The number of hydrogen-bond donors (Lipinski definition) is 0. The summed E-state index contributed by atoms with van der Waals surface area (Å²) in [6.45, 7) is 8.67. The smallest absolute Gasteiger partial charge is 0.336 e. The molecule has 0 aliphatic carbocycles. The van der Waals surface area contributed by atoms with Crippen LogP contribution in [0.2, 0.25) is 0 Å². The molecular formula is C11H18O3. The lowest BCUT2D eigenvalue weighted by Crippen LogP contribution is -2.13. The summed E-state index contributed by atoms with van der Waals surface area (Å²) in [6, 6.07) is 0. The van der Waals surface area contributed by atoms with Crippen molar-refractivity contribution in [1.82, 2.24) is 0 Å². The van der Waals surface area contributed by atoms with Crippen LogP contribution in [0.1, 0.15) is 20.3 Å². The summed E-state index contributed by atoms with van der Waals surface area (Å²) in [6.07, 6.45) is 4.00. The van der Waals surface area contributed by atoms with Gasteiger partial charge in [0.25, 0.3) is 0 Å². The summed E-state index contributed by atoms with van der Waals surface area (Å²) < 4.78 is 10.1. The van der Waals surface area contributed by atoms with E-state index in [0.717, 1.165) is 6.42 Å². The first kappa shape index (κ1) is 12.9. The molecule has 0 aromatic heterocycles. The van der Waals surface area contributed by atoms with Crippen LogP contribution in [0.15, 0.2) is 24.3 Å². The summed E-state index contributed by atoms with van der Waals surface area (Å²) in [5.41, 5.74) is 0.510. The maximum atomic E-state index is 11.4. The zero-order chi connectivity index (χ0) is 10.8. The highest BCUT2D eigenvalue weighted by Gasteiger charge is 2.09. The van der Waals surface area contributed by atoms with E-state index in [1.807, 2.05) is 13.8 Å². The van der Waals surface area contributed by atoms with Crippen LogP contribution in [-0.2, 0) is 14.3 Å². The summed E-state index contributed by atoms with van der Waals surface area (Å²) in [4.78, 5) is 11.4. The van der Waals surface area contributed by atoms with Gasteiger partial charge in [-0.15, -0.1) is 0 Å². The molecule has 0 atom stereocenters. The van der Waals surface area contributed by atoms with E-state index in [1.54, 1.807) is 12.2 Å². The van der Waals surface area contributed by atoms with E-state index in [0.29, 0.717) is 18.8 Å². The minimum Gasteiger partial charge on any atom is -0.462 e. The van der Waals surface area contributed by atoms with E-state index >= 15 is 0 Å². The standard InChI is InChI=1S/C11H18O3/c1-4-7-10(9-13-6-3)11(12)14-8-5-2/h4,7H,1,5-6,8-9H2,2-3H3. The molecule has 3 nitrogen and oxygen atoms in total. The third kappa shape index (κ3) is 5.54. The molecule has 0 unspecified atom stereocenters. The van der Waals surface area contributed by atoms with Gasteiger partial charge in [0.15, 0.2) is 0 Å². The second kappa shape index (κ2) is 8.51. The Labute approximate surface area is 85.4 Å². The highest BCUT2D eigenvalue weighted by atomic mass is 16.5. The molecule has 0 radical (unpaired) electrons. The largest absolute Gasteiger partial charge is 0.462 e. The molecule has 0 amide bonds. The van der Waals surface area contributed by atoms with Gasteiger partial charge in [0.2, 0.25) is 0 Å². The fourth-order valence-corrected chi connectivity index (χ4v) is 0.817. The monoisotopic (exact) mass is 198 g/mol. The van der Waals surface area contributed by atoms with Crippen molar-refractivity contribution in [2.75, 3.05) is 19.8 Å². The predicted molar refractivity (Wildman–Crippen MR) is 56.0 cm³/mol. The zero-order valence-corrected chi connectivity index (χ0v) is 8.91. The summed E-state index contributed by atoms with van der Waals surface area (Å²) in [5.74, 6) is -0.319. The number of esters is 1. The molecule has 0 heterocycles. The van der Waals surface area contributed by atoms with E-state index in [2.05, 4.69) is 6.58 Å². The van der Waals surface area contributed by atoms with Gasteiger partial charge in [-0.1, -0.05) is 25.7 Å². The quantitative estimate of drug-likeness (QED) is 0.357. The summed E-state index contributed by atoms with van der Waals surface area (Å²) in [5, 5.41) is 0. The lowest BCUT2D eigenvalue weighted by atomic mass is 10.2. The Morgan fingerprint density at radius 3 is 2.64 bits per heavy atom. The third-order valence-corrected chi connectivity index (χ3v) is 1.48. The summed E-state index contributed by atoms with van der Waals surface area (Å²) >= 11 is 0. The van der Waals surface area contributed by atoms with Crippen LogP contribution in [0.4, 0.5) is 0 Å². The van der Waals surface area contributed by atoms with Crippen molar-refractivity contribution >= 4 is 5.97 Å². The number of ether oxygens (including phenoxy) is 2. The Balaban J connectivity index is 4.12. The average molecular weight is 198 g/mol. The number of carbonyl (C=O) groups is 1. The number of allylic oxidation sites excluding steroid dienone is 2. The van der Waals surface area contributed by atoms with Gasteiger partial charge in [0.05, 0.1) is 18.8 Å². The Morgan fingerprint density at radius 1 is 1.43 bits per heavy atom. The van der Waals surface area contributed by atoms with Crippen LogP contribution in [-0.4, -0.2) is 25.8 Å². The fraction of sp³-hybridized carbons (Fsp3) is 0.545. The van der Waals surface area contributed by atoms with Crippen LogP contribution in [0.5, 0.6) is 0 Å². The van der Waals surface area contributed by atoms with E-state index in [1.165, 1.54) is 0 Å². The van der Waals surface area contributed by atoms with Crippen molar-refractivity contribution < 1.29 is 14.3 Å². The Kier molecular flexibility index (Phi) is 7.84. The molecule has 0 saturated heterocycles. The minimum atomic E-state index is -0.319. The maximum absolute atomic E-state index is 11.4. The zero-order valence-electron chi connectivity index (χ0n) is 8.91. The second-order valence-electron chi connectivity index (χ2n) is 2.70. The third-order valence-electron chi connectivity index (χ3n) is 1.48. The lowest BCUT2D eigenvalue weighted by molar-refractivity contribution is -0.139. The average Bonchev–Trinajstić information content (AvgIpc) is 2.20. The van der Waals surface area contributed by atoms with Gasteiger partial charge in [-0.3, -0.25) is 0 Å². The van der Waals surface area contributed by atoms with E-state index in [-0.39, 0.29) is 12.6 Å². The van der Waals surface area contributed by atoms with Crippen molar-refractivity contribution in [2.45, 2.75) is 20.3 Å². The molecule has 80 valence electrons. The lowest BCUT2D eigenvalue weighted by Gasteiger charge is -2.06. The minimum absolute atomic E-state index is 0.283. The van der Waals surface area contributed by atoms with Crippen LogP contribution in [0.25, 0.3) is 0 Å². The first-order valence-electron chi connectivity index (χ1n) is 4.82. The van der Waals surface area contributed by atoms with Gasteiger partial charge in [-0.05, 0) is 13.3 Å². The van der Waals surface area contributed by atoms with Gasteiger partial charge in [-0.2, -0.15) is 0 Å². The van der Waals surface area contributed by atoms with E-state index in [4.69, 9.17) is 9.47 Å². The van der Waals surface area contributed by atoms with Crippen LogP contribution in [0, 0.1) is 0 Å². The molecule has 0 bridgehead atoms. The number of carbonyl (C=O) groups excluding carboxylic acids is 1. The molecule has 14 heavy (non-hydrogen) atoms. The van der Waals surface area contributed by atoms with E-state index in [9.17, 15) is 4.79 Å². The normalized spacial score (nSPS) is 11.1. The Bertz CT molecular complexity index is 207. The van der Waals surface area contributed by atoms with Gasteiger partial charge in [-0.25, -0.2) is 4.79 Å². The first-order chi connectivity index (χ1) is 6.76. The van der Waals surface area contributed by atoms with E-state index < -0.39 is 0 Å². The van der Waals surface area contributed by atoms with Crippen molar-refractivity contribution in [2.24, 2.45) is 0 Å². The molecular weight excluding hydrogens is 180 g/mol. The van der Waals surface area contributed by atoms with Crippen LogP contribution >= 0.6 is 0 Å².